The molecule has 1 aliphatic rings. The Balaban J connectivity index is 2.15. The number of aromatic nitrogens is 1. The molecule has 1 saturated carbocycles. The number of hydrogen-bond acceptors (Lipinski definition) is 3. The maximum absolute atomic E-state index is 12.9. The molecule has 0 aliphatic heterocycles. The normalized spacial score (nSPS) is 14.9. The number of amides is 1. The number of pyridine rings is 1. The molecule has 0 atom stereocenters. The van der Waals surface area contributed by atoms with Crippen LogP contribution in [-0.2, 0) is 0 Å². The standard InChI is InChI=1S/C11H13FN2O2/c12-10-7-8(3-4-13-10)11(16)14(5-6-15)9-1-2-9/h3-4,7,9,15H,1-2,5-6H2. The monoisotopic (exact) mass is 224 g/mol. The van der Waals surface area contributed by atoms with E-state index < -0.39 is 5.95 Å². The fourth-order valence-corrected chi connectivity index (χ4v) is 1.65. The first kappa shape index (κ1) is 11.0. The smallest absolute Gasteiger partial charge is 0.254 e. The van der Waals surface area contributed by atoms with Gasteiger partial charge in [-0.15, -0.1) is 0 Å². The molecule has 5 heteroatoms. The maximum atomic E-state index is 12.9. The van der Waals surface area contributed by atoms with Gasteiger partial charge in [0, 0.05) is 30.4 Å². The number of nitrogens with zero attached hydrogens (tertiary/aromatic N) is 2. The summed E-state index contributed by atoms with van der Waals surface area (Å²) in [6, 6.07) is 2.81. The van der Waals surface area contributed by atoms with Crippen LogP contribution in [0.2, 0.25) is 0 Å². The van der Waals surface area contributed by atoms with Crippen LogP contribution in [0.5, 0.6) is 0 Å². The molecule has 0 radical (unpaired) electrons. The Morgan fingerprint density at radius 2 is 2.38 bits per heavy atom. The summed E-state index contributed by atoms with van der Waals surface area (Å²) in [4.78, 5) is 17.0. The Bertz CT molecular complexity index is 393. The third-order valence-electron chi connectivity index (χ3n) is 2.56. The van der Waals surface area contributed by atoms with Crippen molar-refractivity contribution in [2.45, 2.75) is 18.9 Å². The van der Waals surface area contributed by atoms with Crippen molar-refractivity contribution in [3.8, 4) is 0 Å². The third-order valence-corrected chi connectivity index (χ3v) is 2.56. The summed E-state index contributed by atoms with van der Waals surface area (Å²) in [6.45, 7) is 0.225. The quantitative estimate of drug-likeness (QED) is 0.770. The van der Waals surface area contributed by atoms with Crippen molar-refractivity contribution in [1.82, 2.24) is 9.88 Å². The lowest BCUT2D eigenvalue weighted by Gasteiger charge is -2.21. The summed E-state index contributed by atoms with van der Waals surface area (Å²) >= 11 is 0. The molecule has 1 aromatic heterocycles. The van der Waals surface area contributed by atoms with Crippen molar-refractivity contribution in [3.63, 3.8) is 0 Å². The zero-order valence-corrected chi connectivity index (χ0v) is 8.77. The van der Waals surface area contributed by atoms with E-state index in [2.05, 4.69) is 4.98 Å². The average Bonchev–Trinajstić information content (AvgIpc) is 3.09. The minimum Gasteiger partial charge on any atom is -0.395 e. The van der Waals surface area contributed by atoms with Gasteiger partial charge in [-0.1, -0.05) is 0 Å². The molecule has 4 nitrogen and oxygen atoms in total. The van der Waals surface area contributed by atoms with Crippen LogP contribution >= 0.6 is 0 Å². The molecule has 0 unspecified atom stereocenters. The van der Waals surface area contributed by atoms with Crippen LogP contribution in [-0.4, -0.2) is 40.1 Å². The molecule has 1 heterocycles. The van der Waals surface area contributed by atoms with E-state index in [1.807, 2.05) is 0 Å². The molecule has 1 amide bonds. The fourth-order valence-electron chi connectivity index (χ4n) is 1.65. The summed E-state index contributed by atoms with van der Waals surface area (Å²) in [6.07, 6.45) is 3.19. The molecular formula is C11H13FN2O2. The molecular weight excluding hydrogens is 211 g/mol. The Morgan fingerprint density at radius 3 is 2.94 bits per heavy atom. The van der Waals surface area contributed by atoms with Gasteiger partial charge in [0.25, 0.3) is 5.91 Å². The van der Waals surface area contributed by atoms with Gasteiger partial charge in [-0.2, -0.15) is 4.39 Å². The van der Waals surface area contributed by atoms with Crippen molar-refractivity contribution in [3.05, 3.63) is 29.8 Å². The molecule has 86 valence electrons. The van der Waals surface area contributed by atoms with Crippen molar-refractivity contribution >= 4 is 5.91 Å². The Hall–Kier alpha value is -1.49. The Morgan fingerprint density at radius 1 is 1.62 bits per heavy atom. The highest BCUT2D eigenvalue weighted by atomic mass is 19.1. The van der Waals surface area contributed by atoms with E-state index in [9.17, 15) is 9.18 Å². The SMILES string of the molecule is O=C(c1ccnc(F)c1)N(CCO)C1CC1. The van der Waals surface area contributed by atoms with Crippen molar-refractivity contribution < 1.29 is 14.3 Å². The first-order valence-electron chi connectivity index (χ1n) is 5.26. The largest absolute Gasteiger partial charge is 0.395 e. The first-order chi connectivity index (χ1) is 7.72. The second kappa shape index (κ2) is 4.57. The van der Waals surface area contributed by atoms with Crippen LogP contribution in [0.3, 0.4) is 0 Å². The summed E-state index contributed by atoms with van der Waals surface area (Å²) in [7, 11) is 0. The predicted molar refractivity (Wildman–Crippen MR) is 55.3 cm³/mol. The lowest BCUT2D eigenvalue weighted by Crippen LogP contribution is -2.35. The van der Waals surface area contributed by atoms with Crippen LogP contribution in [0.25, 0.3) is 0 Å². The highest BCUT2D eigenvalue weighted by Crippen LogP contribution is 2.27. The average molecular weight is 224 g/mol. The van der Waals surface area contributed by atoms with Gasteiger partial charge in [-0.3, -0.25) is 4.79 Å². The number of carbonyl (C=O) groups excluding carboxylic acids is 1. The van der Waals surface area contributed by atoms with Gasteiger partial charge in [-0.25, -0.2) is 4.98 Å². The van der Waals surface area contributed by atoms with E-state index in [1.54, 1.807) is 4.90 Å². The Kier molecular flexibility index (Phi) is 3.14. The van der Waals surface area contributed by atoms with Gasteiger partial charge in [-0.05, 0) is 18.9 Å². The van der Waals surface area contributed by atoms with Gasteiger partial charge < -0.3 is 10.0 Å². The molecule has 0 spiro atoms. The number of hydrogen-bond donors (Lipinski definition) is 1. The number of halogens is 1. The maximum Gasteiger partial charge on any atom is 0.254 e. The molecule has 0 saturated heterocycles. The molecule has 1 aromatic rings. The fraction of sp³-hybridized carbons (Fsp3) is 0.455. The molecule has 0 bridgehead atoms. The van der Waals surface area contributed by atoms with Gasteiger partial charge in [0.05, 0.1) is 6.61 Å². The van der Waals surface area contributed by atoms with E-state index in [0.717, 1.165) is 18.9 Å². The van der Waals surface area contributed by atoms with Crippen LogP contribution in [0.15, 0.2) is 18.3 Å². The van der Waals surface area contributed by atoms with Gasteiger partial charge >= 0.3 is 0 Å². The predicted octanol–water partition coefficient (Wildman–Crippen LogP) is 0.818. The minimum absolute atomic E-state index is 0.0736. The highest BCUT2D eigenvalue weighted by molar-refractivity contribution is 5.94. The summed E-state index contributed by atoms with van der Waals surface area (Å²) in [5.41, 5.74) is 0.285. The topological polar surface area (TPSA) is 53.4 Å². The first-order valence-corrected chi connectivity index (χ1v) is 5.26. The van der Waals surface area contributed by atoms with Crippen LogP contribution < -0.4 is 0 Å². The zero-order valence-electron chi connectivity index (χ0n) is 8.77. The van der Waals surface area contributed by atoms with E-state index >= 15 is 0 Å². The molecule has 1 aliphatic carbocycles. The van der Waals surface area contributed by atoms with E-state index in [1.165, 1.54) is 12.3 Å². The van der Waals surface area contributed by atoms with Gasteiger partial charge in [0.15, 0.2) is 0 Å². The molecule has 1 N–H and O–H groups in total. The van der Waals surface area contributed by atoms with Crippen molar-refractivity contribution in [2.75, 3.05) is 13.2 Å². The number of carbonyl (C=O) groups is 1. The van der Waals surface area contributed by atoms with Crippen LogP contribution in [0.1, 0.15) is 23.2 Å². The molecule has 16 heavy (non-hydrogen) atoms. The molecule has 2 rings (SSSR count). The number of rotatable bonds is 4. The third kappa shape index (κ3) is 2.36. The Labute approximate surface area is 92.7 Å². The van der Waals surface area contributed by atoms with Gasteiger partial charge in [0.2, 0.25) is 5.95 Å². The minimum atomic E-state index is -0.661. The van der Waals surface area contributed by atoms with E-state index in [0.29, 0.717) is 6.54 Å². The second-order valence-electron chi connectivity index (χ2n) is 3.82. The molecule has 1 fully saturated rings. The van der Waals surface area contributed by atoms with Crippen molar-refractivity contribution in [1.29, 1.82) is 0 Å². The summed E-state index contributed by atoms with van der Waals surface area (Å²) in [5, 5.41) is 8.88. The van der Waals surface area contributed by atoms with Gasteiger partial charge in [0.1, 0.15) is 0 Å². The van der Waals surface area contributed by atoms with Crippen LogP contribution in [0.4, 0.5) is 4.39 Å². The molecule has 0 aromatic carbocycles. The summed E-state index contributed by atoms with van der Waals surface area (Å²) in [5.74, 6) is -0.900. The lowest BCUT2D eigenvalue weighted by molar-refractivity contribution is 0.0707. The highest BCUT2D eigenvalue weighted by Gasteiger charge is 2.32. The van der Waals surface area contributed by atoms with Crippen molar-refractivity contribution in [2.24, 2.45) is 0 Å². The number of aliphatic hydroxyl groups is 1. The van der Waals surface area contributed by atoms with E-state index in [4.69, 9.17) is 5.11 Å². The zero-order chi connectivity index (χ0) is 11.5. The second-order valence-corrected chi connectivity index (χ2v) is 3.82. The number of aliphatic hydroxyl groups excluding tert-OH is 1. The lowest BCUT2D eigenvalue weighted by atomic mass is 10.2. The summed E-state index contributed by atoms with van der Waals surface area (Å²) < 4.78 is 12.9. The van der Waals surface area contributed by atoms with E-state index in [-0.39, 0.29) is 24.1 Å². The van der Waals surface area contributed by atoms with Crippen LogP contribution in [0, 0.1) is 5.95 Å².